The molecular formula is C18H21IN6O. The van der Waals surface area contributed by atoms with Gasteiger partial charge in [-0.25, -0.2) is 0 Å². The molecule has 0 spiro atoms. The lowest BCUT2D eigenvalue weighted by molar-refractivity contribution is -0.139. The van der Waals surface area contributed by atoms with Crippen LogP contribution in [0.1, 0.15) is 6.92 Å². The first-order valence-corrected chi connectivity index (χ1v) is 9.96. The maximum absolute atomic E-state index is 12.9. The first kappa shape index (κ1) is 16.8. The van der Waals surface area contributed by atoms with Crippen molar-refractivity contribution in [2.24, 2.45) is 16.0 Å². The van der Waals surface area contributed by atoms with E-state index in [1.807, 2.05) is 37.4 Å². The predicted octanol–water partition coefficient (Wildman–Crippen LogP) is 1.26. The van der Waals surface area contributed by atoms with Crippen LogP contribution in [0, 0.1) is 9.49 Å². The summed E-state index contributed by atoms with van der Waals surface area (Å²) in [5.41, 5.74) is 1.51. The van der Waals surface area contributed by atoms with Gasteiger partial charge in [-0.2, -0.15) is 10.1 Å². The molecule has 4 bridgehead atoms. The van der Waals surface area contributed by atoms with Crippen molar-refractivity contribution in [2.45, 2.75) is 12.5 Å². The van der Waals surface area contributed by atoms with Gasteiger partial charge in [-0.05, 0) is 53.8 Å². The van der Waals surface area contributed by atoms with Crippen molar-refractivity contribution in [3.05, 3.63) is 27.8 Å². The molecular weight excluding hydrogens is 443 g/mol. The van der Waals surface area contributed by atoms with E-state index in [1.165, 1.54) is 5.01 Å². The van der Waals surface area contributed by atoms with Gasteiger partial charge in [-0.15, -0.1) is 0 Å². The number of carbonyl (C=O) groups is 1. The number of rotatable bonds is 3. The third kappa shape index (κ3) is 2.79. The van der Waals surface area contributed by atoms with Crippen LogP contribution in [-0.2, 0) is 4.79 Å². The van der Waals surface area contributed by atoms with Gasteiger partial charge in [0.25, 0.3) is 5.91 Å². The molecule has 1 aromatic rings. The van der Waals surface area contributed by atoms with E-state index >= 15 is 0 Å². The number of halogens is 1. The monoisotopic (exact) mass is 464 g/mol. The molecule has 0 radical (unpaired) electrons. The van der Waals surface area contributed by atoms with Gasteiger partial charge in [0.15, 0.2) is 0 Å². The SMILES string of the molecule is CC1=NN(c2ccc(I)cc2)C(=O)[C@H]1C=NC12CN3CN(CN(C3)C1)C2. The number of amides is 1. The van der Waals surface area contributed by atoms with E-state index in [9.17, 15) is 4.79 Å². The molecule has 0 aliphatic carbocycles. The number of benzene rings is 1. The maximum Gasteiger partial charge on any atom is 0.261 e. The number of hydrogen-bond acceptors (Lipinski definition) is 6. The standard InChI is InChI=1S/C18H21IN6O/c1-13-16(17(26)25(21-13)15-4-2-14(19)3-5-15)6-20-18-7-22-10-23(8-18)12-24(9-18)11-22/h2-6,16H,7-12H2,1H3/t16-/m0/s1. The molecule has 4 fully saturated rings. The quantitative estimate of drug-likeness (QED) is 0.500. The third-order valence-electron chi connectivity index (χ3n) is 5.51. The van der Waals surface area contributed by atoms with Gasteiger partial charge in [-0.1, -0.05) is 0 Å². The summed E-state index contributed by atoms with van der Waals surface area (Å²) in [6, 6.07) is 7.84. The summed E-state index contributed by atoms with van der Waals surface area (Å²) in [4.78, 5) is 25.2. The minimum absolute atomic E-state index is 0.0156. The molecule has 26 heavy (non-hydrogen) atoms. The Morgan fingerprint density at radius 2 is 1.69 bits per heavy atom. The Kier molecular flexibility index (Phi) is 3.93. The Labute approximate surface area is 166 Å². The van der Waals surface area contributed by atoms with Crippen molar-refractivity contribution in [3.63, 3.8) is 0 Å². The number of aliphatic imine (C=N–C) groups is 1. The molecule has 4 saturated heterocycles. The molecule has 5 aliphatic rings. The molecule has 5 aliphatic heterocycles. The van der Waals surface area contributed by atoms with Crippen LogP contribution in [0.2, 0.25) is 0 Å². The van der Waals surface area contributed by atoms with Crippen molar-refractivity contribution < 1.29 is 4.79 Å². The highest BCUT2D eigenvalue weighted by atomic mass is 127. The molecule has 5 heterocycles. The Morgan fingerprint density at radius 1 is 1.12 bits per heavy atom. The molecule has 6 rings (SSSR count). The van der Waals surface area contributed by atoms with E-state index in [0.29, 0.717) is 0 Å². The summed E-state index contributed by atoms with van der Waals surface area (Å²) >= 11 is 2.26. The fourth-order valence-electron chi connectivity index (χ4n) is 4.56. The smallest absolute Gasteiger partial charge is 0.261 e. The zero-order valence-corrected chi connectivity index (χ0v) is 16.8. The van der Waals surface area contributed by atoms with E-state index in [4.69, 9.17) is 4.99 Å². The number of nitrogens with zero attached hydrogens (tertiary/aromatic N) is 6. The molecule has 136 valence electrons. The van der Waals surface area contributed by atoms with Crippen LogP contribution in [0.5, 0.6) is 0 Å². The topological polar surface area (TPSA) is 54.8 Å². The Bertz CT molecular complexity index is 769. The van der Waals surface area contributed by atoms with Crippen LogP contribution in [0.15, 0.2) is 34.4 Å². The number of anilines is 1. The van der Waals surface area contributed by atoms with Gasteiger partial charge >= 0.3 is 0 Å². The zero-order chi connectivity index (χ0) is 17.9. The second-order valence-electron chi connectivity index (χ2n) is 7.76. The first-order valence-electron chi connectivity index (χ1n) is 8.88. The molecule has 7 nitrogen and oxygen atoms in total. The van der Waals surface area contributed by atoms with Crippen molar-refractivity contribution in [1.29, 1.82) is 0 Å². The summed E-state index contributed by atoms with van der Waals surface area (Å²) in [7, 11) is 0. The molecule has 8 heteroatoms. The molecule has 0 saturated carbocycles. The van der Waals surface area contributed by atoms with Gasteiger partial charge in [-0.3, -0.25) is 24.5 Å². The number of hydrogen-bond donors (Lipinski definition) is 0. The summed E-state index contributed by atoms with van der Waals surface area (Å²) in [6.07, 6.45) is 1.85. The van der Waals surface area contributed by atoms with Gasteiger partial charge in [0.2, 0.25) is 0 Å². The van der Waals surface area contributed by atoms with E-state index < -0.39 is 0 Å². The van der Waals surface area contributed by atoms with Crippen LogP contribution in [0.3, 0.4) is 0 Å². The molecule has 1 atom stereocenters. The average Bonchev–Trinajstić information content (AvgIpc) is 2.87. The molecule has 1 amide bonds. The Balaban J connectivity index is 1.36. The normalized spacial score (nSPS) is 38.5. The molecule has 1 aromatic carbocycles. The molecule has 0 aromatic heterocycles. The van der Waals surface area contributed by atoms with Crippen LogP contribution >= 0.6 is 22.6 Å². The number of carbonyl (C=O) groups excluding carboxylic acids is 1. The van der Waals surface area contributed by atoms with Crippen LogP contribution in [0.4, 0.5) is 5.69 Å². The van der Waals surface area contributed by atoms with Crippen molar-refractivity contribution in [1.82, 2.24) is 14.7 Å². The second-order valence-corrected chi connectivity index (χ2v) is 9.00. The van der Waals surface area contributed by atoms with Crippen molar-refractivity contribution in [2.75, 3.05) is 44.6 Å². The van der Waals surface area contributed by atoms with E-state index in [1.54, 1.807) is 0 Å². The Morgan fingerprint density at radius 3 is 2.27 bits per heavy atom. The highest BCUT2D eigenvalue weighted by Gasteiger charge is 2.48. The lowest BCUT2D eigenvalue weighted by Crippen LogP contribution is -2.75. The minimum Gasteiger partial charge on any atom is -0.286 e. The molecule has 0 N–H and O–H groups in total. The van der Waals surface area contributed by atoms with Gasteiger partial charge in [0, 0.05) is 29.4 Å². The van der Waals surface area contributed by atoms with Crippen LogP contribution < -0.4 is 5.01 Å². The summed E-state index contributed by atoms with van der Waals surface area (Å²) < 4.78 is 1.14. The fraction of sp³-hybridized carbons (Fsp3) is 0.500. The summed E-state index contributed by atoms with van der Waals surface area (Å²) in [5, 5.41) is 6.00. The summed E-state index contributed by atoms with van der Waals surface area (Å²) in [5.74, 6) is -0.375. The average molecular weight is 464 g/mol. The summed E-state index contributed by atoms with van der Waals surface area (Å²) in [6.45, 7) is 7.97. The largest absolute Gasteiger partial charge is 0.286 e. The lowest BCUT2D eigenvalue weighted by Gasteiger charge is -2.59. The highest BCUT2D eigenvalue weighted by Crippen LogP contribution is 2.32. The van der Waals surface area contributed by atoms with Gasteiger partial charge in [0.1, 0.15) is 5.92 Å². The van der Waals surface area contributed by atoms with Crippen LogP contribution in [0.25, 0.3) is 0 Å². The Hall–Kier alpha value is -1.36. The molecule has 0 unspecified atom stereocenters. The predicted molar refractivity (Wildman–Crippen MR) is 109 cm³/mol. The second kappa shape index (κ2) is 6.08. The van der Waals surface area contributed by atoms with E-state index in [0.717, 1.165) is 54.6 Å². The van der Waals surface area contributed by atoms with Gasteiger partial charge < -0.3 is 0 Å². The number of hydrazone groups is 1. The van der Waals surface area contributed by atoms with E-state index in [-0.39, 0.29) is 17.4 Å². The third-order valence-corrected chi connectivity index (χ3v) is 6.22. The van der Waals surface area contributed by atoms with Crippen molar-refractivity contribution in [3.8, 4) is 0 Å². The highest BCUT2D eigenvalue weighted by molar-refractivity contribution is 14.1. The van der Waals surface area contributed by atoms with Crippen molar-refractivity contribution >= 4 is 46.1 Å². The fourth-order valence-corrected chi connectivity index (χ4v) is 4.91. The minimum atomic E-state index is -0.359. The lowest BCUT2D eigenvalue weighted by atomic mass is 9.91. The first-order chi connectivity index (χ1) is 12.5. The zero-order valence-electron chi connectivity index (χ0n) is 14.7. The van der Waals surface area contributed by atoms with E-state index in [2.05, 4.69) is 42.4 Å². The van der Waals surface area contributed by atoms with Gasteiger partial charge in [0.05, 0.1) is 36.9 Å². The van der Waals surface area contributed by atoms with Crippen LogP contribution in [-0.4, -0.2) is 77.7 Å². The maximum atomic E-state index is 12.9.